The molecule has 184 valence electrons. The van der Waals surface area contributed by atoms with E-state index in [-0.39, 0.29) is 11.3 Å². The Hall–Kier alpha value is -3.50. The minimum absolute atomic E-state index is 0.0288. The van der Waals surface area contributed by atoms with Crippen molar-refractivity contribution in [1.82, 2.24) is 4.90 Å². The summed E-state index contributed by atoms with van der Waals surface area (Å²) in [6, 6.07) is 1.54. The summed E-state index contributed by atoms with van der Waals surface area (Å²) in [4.78, 5) is 70.8. The molecule has 11 heteroatoms. The number of phenols is 1. The molecule has 0 saturated heterocycles. The van der Waals surface area contributed by atoms with Crippen LogP contribution in [0.15, 0.2) is 23.7 Å². The molecule has 8 unspecified atom stereocenters. The number of aliphatic hydroxyl groups excluding tert-OH is 1. The Morgan fingerprint density at radius 3 is 2.37 bits per heavy atom. The number of carbonyl (C=O) groups excluding carboxylic acids is 5. The highest BCUT2D eigenvalue weighted by molar-refractivity contribution is 6.32. The number of amides is 1. The normalized spacial score (nSPS) is 36.2. The maximum Gasteiger partial charge on any atom is 0.235 e. The van der Waals surface area contributed by atoms with Crippen LogP contribution in [0, 0.1) is 23.7 Å². The largest absolute Gasteiger partial charge is 0.505 e. The highest BCUT2D eigenvalue weighted by atomic mass is 16.3. The maximum absolute atomic E-state index is 13.8. The van der Waals surface area contributed by atoms with Crippen molar-refractivity contribution in [3.8, 4) is 5.75 Å². The van der Waals surface area contributed by atoms with Gasteiger partial charge >= 0.3 is 0 Å². The van der Waals surface area contributed by atoms with Gasteiger partial charge in [-0.25, -0.2) is 4.99 Å². The summed E-state index contributed by atoms with van der Waals surface area (Å²) in [5.74, 6) is -11.5. The van der Waals surface area contributed by atoms with E-state index < -0.39 is 82.1 Å². The van der Waals surface area contributed by atoms with Crippen LogP contribution in [-0.2, 0) is 19.2 Å². The molecule has 8 atom stereocenters. The van der Waals surface area contributed by atoms with E-state index in [1.54, 1.807) is 6.92 Å². The summed E-state index contributed by atoms with van der Waals surface area (Å²) in [5, 5.41) is 33.7. The Bertz CT molecular complexity index is 1250. The fraction of sp³-hybridized carbons (Fsp3) is 0.458. The molecular weight excluding hydrogens is 458 g/mol. The van der Waals surface area contributed by atoms with Gasteiger partial charge in [0.1, 0.15) is 5.69 Å². The number of nitrogens with two attached hydrogens (primary N) is 1. The lowest BCUT2D eigenvalue weighted by Gasteiger charge is -2.56. The van der Waals surface area contributed by atoms with E-state index in [1.807, 2.05) is 0 Å². The van der Waals surface area contributed by atoms with E-state index in [4.69, 9.17) is 5.73 Å². The highest BCUT2D eigenvalue weighted by Crippen LogP contribution is 2.55. The lowest BCUT2D eigenvalue weighted by molar-refractivity contribution is -0.196. The van der Waals surface area contributed by atoms with Gasteiger partial charge in [0.25, 0.3) is 0 Å². The number of aliphatic hydroxyl groups is 2. The summed E-state index contributed by atoms with van der Waals surface area (Å²) < 4.78 is 0. The number of ketones is 4. The summed E-state index contributed by atoms with van der Waals surface area (Å²) in [5.41, 5.74) is 2.32. The average Bonchev–Trinajstić information content (AvgIpc) is 2.77. The molecule has 0 aliphatic heterocycles. The molecule has 5 N–H and O–H groups in total. The van der Waals surface area contributed by atoms with E-state index in [1.165, 1.54) is 31.1 Å². The quantitative estimate of drug-likeness (QED) is 0.305. The van der Waals surface area contributed by atoms with Crippen LogP contribution in [0.5, 0.6) is 5.75 Å². The topological polar surface area (TPSA) is 188 Å². The molecule has 0 aromatic heterocycles. The van der Waals surface area contributed by atoms with Crippen LogP contribution in [0.1, 0.15) is 28.8 Å². The number of carbonyl (C=O) groups is 5. The van der Waals surface area contributed by atoms with Crippen molar-refractivity contribution in [3.63, 3.8) is 0 Å². The molecule has 3 aliphatic carbocycles. The fourth-order valence-electron chi connectivity index (χ4n) is 6.15. The maximum atomic E-state index is 13.8. The summed E-state index contributed by atoms with van der Waals surface area (Å²) in [6.07, 6.45) is -1.67. The number of primary amides is 1. The number of benzene rings is 1. The fourth-order valence-corrected chi connectivity index (χ4v) is 6.15. The van der Waals surface area contributed by atoms with Crippen molar-refractivity contribution in [1.29, 1.82) is 0 Å². The molecule has 1 amide bonds. The monoisotopic (exact) mass is 483 g/mol. The molecule has 0 spiro atoms. The zero-order chi connectivity index (χ0) is 26.1. The first kappa shape index (κ1) is 24.6. The molecule has 4 rings (SSSR count). The SMILES string of the molecule is C=C=Nc1ccc2c(c1O)C(=O)C1C(=O)C3(O)C(=O)C(C(N)=O)C(=O)C(N(C)C)C3C(O)C1C2C. The van der Waals surface area contributed by atoms with Crippen LogP contribution in [0.3, 0.4) is 0 Å². The third kappa shape index (κ3) is 3.02. The van der Waals surface area contributed by atoms with Crippen LogP contribution in [0.25, 0.3) is 0 Å². The van der Waals surface area contributed by atoms with Gasteiger partial charge in [0.15, 0.2) is 40.4 Å². The van der Waals surface area contributed by atoms with Gasteiger partial charge in [-0.1, -0.05) is 13.0 Å². The lowest BCUT2D eigenvalue weighted by Crippen LogP contribution is -2.77. The molecule has 2 saturated carbocycles. The van der Waals surface area contributed by atoms with Crippen molar-refractivity contribution in [3.05, 3.63) is 29.8 Å². The lowest BCUT2D eigenvalue weighted by atomic mass is 9.49. The van der Waals surface area contributed by atoms with Gasteiger partial charge in [0.05, 0.1) is 29.5 Å². The summed E-state index contributed by atoms with van der Waals surface area (Å²) >= 11 is 0. The second kappa shape index (κ2) is 8.03. The van der Waals surface area contributed by atoms with Gasteiger partial charge in [0.2, 0.25) is 5.91 Å². The van der Waals surface area contributed by atoms with Crippen LogP contribution in [-0.4, -0.2) is 87.0 Å². The summed E-state index contributed by atoms with van der Waals surface area (Å²) in [7, 11) is 2.87. The third-order valence-electron chi connectivity index (χ3n) is 7.67. The van der Waals surface area contributed by atoms with Crippen LogP contribution < -0.4 is 5.73 Å². The summed E-state index contributed by atoms with van der Waals surface area (Å²) in [6.45, 7) is 4.96. The van der Waals surface area contributed by atoms with E-state index in [9.17, 15) is 39.3 Å². The van der Waals surface area contributed by atoms with Crippen molar-refractivity contribution in [2.24, 2.45) is 34.4 Å². The van der Waals surface area contributed by atoms with Crippen LogP contribution >= 0.6 is 0 Å². The molecule has 0 radical (unpaired) electrons. The van der Waals surface area contributed by atoms with E-state index in [2.05, 4.69) is 17.4 Å². The number of hydrogen-bond donors (Lipinski definition) is 4. The Morgan fingerprint density at radius 2 is 1.83 bits per heavy atom. The standard InChI is InChI=1S/C24H25N3O8/c1-5-26-10-7-6-9-8(2)11-13(18(29)12(9)17(10)28)21(32)24(35)15(19(11)30)16(27(3)4)20(31)14(22(24)33)23(25)34/h6-8,11,13-16,19,28,30,35H,1H2,2-4H3,(H2,25,34). The Morgan fingerprint density at radius 1 is 1.20 bits per heavy atom. The number of Topliss-reactive ketones (excluding diaryl/α,β-unsaturated/α-hetero) is 4. The first-order valence-electron chi connectivity index (χ1n) is 10.9. The van der Waals surface area contributed by atoms with Gasteiger partial charge in [-0.2, -0.15) is 0 Å². The second-order valence-corrected chi connectivity index (χ2v) is 9.53. The molecule has 0 heterocycles. The predicted octanol–water partition coefficient (Wildman–Crippen LogP) is -1.11. The molecule has 11 nitrogen and oxygen atoms in total. The van der Waals surface area contributed by atoms with Crippen molar-refractivity contribution < 1.29 is 39.3 Å². The molecular formula is C24H25N3O8. The van der Waals surface area contributed by atoms with Gasteiger partial charge < -0.3 is 21.1 Å². The number of aromatic hydroxyl groups is 1. The third-order valence-corrected chi connectivity index (χ3v) is 7.67. The van der Waals surface area contributed by atoms with Crippen molar-refractivity contribution in [2.45, 2.75) is 30.6 Å². The number of aliphatic imine (C=N–C) groups is 1. The number of phenolic OH excluding ortho intramolecular Hbond substituents is 1. The Kier molecular flexibility index (Phi) is 5.65. The zero-order valence-electron chi connectivity index (χ0n) is 19.3. The van der Waals surface area contributed by atoms with Crippen LogP contribution in [0.2, 0.25) is 0 Å². The van der Waals surface area contributed by atoms with Crippen molar-refractivity contribution >= 4 is 40.6 Å². The minimum Gasteiger partial charge on any atom is -0.505 e. The first-order chi connectivity index (χ1) is 16.3. The van der Waals surface area contributed by atoms with Crippen molar-refractivity contribution in [2.75, 3.05) is 14.1 Å². The van der Waals surface area contributed by atoms with E-state index >= 15 is 0 Å². The number of fused-ring (bicyclic) bond motifs is 3. The predicted molar refractivity (Wildman–Crippen MR) is 120 cm³/mol. The number of nitrogens with zero attached hydrogens (tertiary/aromatic N) is 2. The molecule has 3 aliphatic rings. The molecule has 1 aromatic carbocycles. The van der Waals surface area contributed by atoms with Crippen LogP contribution in [0.4, 0.5) is 5.69 Å². The highest BCUT2D eigenvalue weighted by Gasteiger charge is 2.72. The smallest absolute Gasteiger partial charge is 0.235 e. The van der Waals surface area contributed by atoms with Gasteiger partial charge in [-0.05, 0) is 44.1 Å². The van der Waals surface area contributed by atoms with Gasteiger partial charge in [-0.15, -0.1) is 0 Å². The number of hydrogen-bond acceptors (Lipinski definition) is 10. The van der Waals surface area contributed by atoms with E-state index in [0.29, 0.717) is 5.56 Å². The minimum atomic E-state index is -3.03. The second-order valence-electron chi connectivity index (χ2n) is 9.53. The number of likely N-dealkylation sites (N-methyl/N-ethyl adjacent to an activating group) is 1. The molecule has 35 heavy (non-hydrogen) atoms. The molecule has 0 bridgehead atoms. The van der Waals surface area contributed by atoms with Gasteiger partial charge in [-0.3, -0.25) is 28.9 Å². The zero-order valence-corrected chi connectivity index (χ0v) is 19.3. The Balaban J connectivity index is 1.97. The molecule has 2 fully saturated rings. The van der Waals surface area contributed by atoms with E-state index in [0.717, 1.165) is 0 Å². The first-order valence-corrected chi connectivity index (χ1v) is 10.9. The van der Waals surface area contributed by atoms with Gasteiger partial charge in [0, 0.05) is 5.92 Å². The number of rotatable bonds is 3. The Labute approximate surface area is 199 Å². The average molecular weight is 483 g/mol. The molecule has 1 aromatic rings.